The van der Waals surface area contributed by atoms with Crippen LogP contribution in [-0.4, -0.2) is 4.92 Å². The van der Waals surface area contributed by atoms with Gasteiger partial charge in [-0.1, -0.05) is 35.3 Å². The zero-order chi connectivity index (χ0) is 13.3. The molecule has 0 saturated heterocycles. The Bertz CT molecular complexity index is 631. The van der Waals surface area contributed by atoms with Crippen LogP contribution in [0.2, 0.25) is 10.0 Å². The Morgan fingerprint density at radius 2 is 1.61 bits per heavy atom. The van der Waals surface area contributed by atoms with Crippen LogP contribution < -0.4 is 0 Å². The van der Waals surface area contributed by atoms with E-state index in [1.165, 1.54) is 6.07 Å². The lowest BCUT2D eigenvalue weighted by Gasteiger charge is -2.04. The van der Waals surface area contributed by atoms with Crippen molar-refractivity contribution in [3.05, 3.63) is 62.4 Å². The van der Waals surface area contributed by atoms with Crippen LogP contribution in [0.5, 0.6) is 0 Å². The van der Waals surface area contributed by atoms with E-state index in [0.29, 0.717) is 21.2 Å². The second kappa shape index (κ2) is 4.92. The molecule has 3 nitrogen and oxygen atoms in total. The van der Waals surface area contributed by atoms with E-state index in [9.17, 15) is 14.5 Å². The van der Waals surface area contributed by atoms with Crippen LogP contribution in [0.3, 0.4) is 0 Å². The number of rotatable bonds is 2. The van der Waals surface area contributed by atoms with E-state index in [0.717, 1.165) is 12.1 Å². The van der Waals surface area contributed by atoms with E-state index in [-0.39, 0.29) is 0 Å². The van der Waals surface area contributed by atoms with Crippen LogP contribution in [-0.2, 0) is 0 Å². The van der Waals surface area contributed by atoms with E-state index in [1.54, 1.807) is 18.2 Å². The Labute approximate surface area is 112 Å². The Morgan fingerprint density at radius 3 is 2.22 bits per heavy atom. The van der Waals surface area contributed by atoms with Crippen LogP contribution in [0.15, 0.2) is 36.4 Å². The lowest BCUT2D eigenvalue weighted by molar-refractivity contribution is -0.387. The van der Waals surface area contributed by atoms with Crippen molar-refractivity contribution in [2.75, 3.05) is 0 Å². The van der Waals surface area contributed by atoms with Crippen molar-refractivity contribution in [3.8, 4) is 11.1 Å². The second-order valence-electron chi connectivity index (χ2n) is 3.55. The average molecular weight is 286 g/mol. The summed E-state index contributed by atoms with van der Waals surface area (Å²) in [5.41, 5.74) is 0.563. The molecular formula is C12H6Cl2FNO2. The van der Waals surface area contributed by atoms with Gasteiger partial charge in [-0.15, -0.1) is 0 Å². The predicted molar refractivity (Wildman–Crippen MR) is 68.5 cm³/mol. The van der Waals surface area contributed by atoms with Gasteiger partial charge in [-0.05, 0) is 29.3 Å². The number of hydrogen-bond acceptors (Lipinski definition) is 2. The molecule has 0 aliphatic rings. The van der Waals surface area contributed by atoms with Crippen LogP contribution in [0.4, 0.5) is 10.1 Å². The summed E-state index contributed by atoms with van der Waals surface area (Å²) >= 11 is 11.6. The van der Waals surface area contributed by atoms with Crippen LogP contribution >= 0.6 is 23.2 Å². The van der Waals surface area contributed by atoms with Crippen molar-refractivity contribution >= 4 is 28.9 Å². The Balaban J connectivity index is 2.54. The van der Waals surface area contributed by atoms with Gasteiger partial charge in [0.1, 0.15) is 0 Å². The highest BCUT2D eigenvalue weighted by molar-refractivity contribution is 6.42. The molecule has 6 heteroatoms. The van der Waals surface area contributed by atoms with Crippen molar-refractivity contribution in [2.45, 2.75) is 0 Å². The molecule has 0 N–H and O–H groups in total. The maximum absolute atomic E-state index is 13.2. The summed E-state index contributed by atoms with van der Waals surface area (Å²) in [5.74, 6) is -0.871. The SMILES string of the molecule is O=[N+]([O-])c1cc(-c2ccc(Cl)c(Cl)c2)ccc1F. The summed E-state index contributed by atoms with van der Waals surface area (Å²) in [5, 5.41) is 11.4. The molecular weight excluding hydrogens is 280 g/mol. The van der Waals surface area contributed by atoms with Gasteiger partial charge in [0.05, 0.1) is 15.0 Å². The highest BCUT2D eigenvalue weighted by Crippen LogP contribution is 2.31. The molecule has 0 aliphatic carbocycles. The van der Waals surface area contributed by atoms with Crippen LogP contribution in [0, 0.1) is 15.9 Å². The fraction of sp³-hybridized carbons (Fsp3) is 0. The van der Waals surface area contributed by atoms with Crippen molar-refractivity contribution in [1.29, 1.82) is 0 Å². The molecule has 0 saturated carbocycles. The molecule has 0 unspecified atom stereocenters. The first-order valence-electron chi connectivity index (χ1n) is 4.88. The number of nitro benzene ring substituents is 1. The van der Waals surface area contributed by atoms with Gasteiger partial charge in [0.15, 0.2) is 0 Å². The van der Waals surface area contributed by atoms with Crippen molar-refractivity contribution in [3.63, 3.8) is 0 Å². The van der Waals surface area contributed by atoms with Crippen LogP contribution in [0.25, 0.3) is 11.1 Å². The van der Waals surface area contributed by atoms with E-state index < -0.39 is 16.4 Å². The molecule has 0 heterocycles. The van der Waals surface area contributed by atoms with Gasteiger partial charge in [-0.2, -0.15) is 4.39 Å². The zero-order valence-electron chi connectivity index (χ0n) is 8.86. The fourth-order valence-corrected chi connectivity index (χ4v) is 1.81. The molecule has 0 aromatic heterocycles. The molecule has 2 aromatic carbocycles. The molecule has 2 rings (SSSR count). The Hall–Kier alpha value is -1.65. The third kappa shape index (κ3) is 2.44. The number of hydrogen-bond donors (Lipinski definition) is 0. The summed E-state index contributed by atoms with van der Waals surface area (Å²) in [6.07, 6.45) is 0. The van der Waals surface area contributed by atoms with Gasteiger partial charge >= 0.3 is 5.69 Å². The van der Waals surface area contributed by atoms with E-state index in [4.69, 9.17) is 23.2 Å². The van der Waals surface area contributed by atoms with Gasteiger partial charge < -0.3 is 0 Å². The highest BCUT2D eigenvalue weighted by atomic mass is 35.5. The average Bonchev–Trinajstić information content (AvgIpc) is 2.33. The molecule has 18 heavy (non-hydrogen) atoms. The standard InChI is InChI=1S/C12H6Cl2FNO2/c13-9-3-1-7(5-10(9)14)8-2-4-11(15)12(6-8)16(17)18/h1-6H. The molecule has 2 aromatic rings. The molecule has 0 fully saturated rings. The third-order valence-electron chi connectivity index (χ3n) is 2.40. The third-order valence-corrected chi connectivity index (χ3v) is 3.13. The number of halogens is 3. The van der Waals surface area contributed by atoms with Gasteiger partial charge in [0.2, 0.25) is 5.82 Å². The van der Waals surface area contributed by atoms with Gasteiger partial charge in [0, 0.05) is 6.07 Å². The van der Waals surface area contributed by atoms with Gasteiger partial charge in [0.25, 0.3) is 0 Å². The molecule has 0 bridgehead atoms. The minimum Gasteiger partial charge on any atom is -0.258 e. The van der Waals surface area contributed by atoms with E-state index >= 15 is 0 Å². The maximum Gasteiger partial charge on any atom is 0.305 e. The van der Waals surface area contributed by atoms with Crippen molar-refractivity contribution in [1.82, 2.24) is 0 Å². The predicted octanol–water partition coefficient (Wildman–Crippen LogP) is 4.71. The number of benzene rings is 2. The highest BCUT2D eigenvalue weighted by Gasteiger charge is 2.15. The molecule has 92 valence electrons. The van der Waals surface area contributed by atoms with Crippen molar-refractivity contribution in [2.24, 2.45) is 0 Å². The lowest BCUT2D eigenvalue weighted by Crippen LogP contribution is -1.92. The molecule has 0 atom stereocenters. The normalized spacial score (nSPS) is 10.4. The summed E-state index contributed by atoms with van der Waals surface area (Å²) in [6.45, 7) is 0. The summed E-state index contributed by atoms with van der Waals surface area (Å²) in [4.78, 5) is 9.88. The smallest absolute Gasteiger partial charge is 0.258 e. The molecule has 0 aliphatic heterocycles. The minimum absolute atomic E-state index is 0.334. The minimum atomic E-state index is -0.871. The number of nitrogens with zero attached hydrogens (tertiary/aromatic N) is 1. The van der Waals surface area contributed by atoms with Crippen molar-refractivity contribution < 1.29 is 9.31 Å². The van der Waals surface area contributed by atoms with Gasteiger partial charge in [-0.25, -0.2) is 0 Å². The fourth-order valence-electron chi connectivity index (χ4n) is 1.51. The largest absolute Gasteiger partial charge is 0.305 e. The maximum atomic E-state index is 13.2. The van der Waals surface area contributed by atoms with E-state index in [1.807, 2.05) is 0 Å². The Morgan fingerprint density at radius 1 is 1.00 bits per heavy atom. The zero-order valence-corrected chi connectivity index (χ0v) is 10.4. The van der Waals surface area contributed by atoms with Crippen LogP contribution in [0.1, 0.15) is 0 Å². The topological polar surface area (TPSA) is 43.1 Å². The quantitative estimate of drug-likeness (QED) is 0.592. The summed E-state index contributed by atoms with van der Waals surface area (Å²) in [7, 11) is 0. The summed E-state index contributed by atoms with van der Waals surface area (Å²) in [6, 6.07) is 8.47. The molecule has 0 radical (unpaired) electrons. The Kier molecular flexibility index (Phi) is 3.50. The first kappa shape index (κ1) is 12.8. The second-order valence-corrected chi connectivity index (χ2v) is 4.37. The monoisotopic (exact) mass is 285 g/mol. The van der Waals surface area contributed by atoms with E-state index in [2.05, 4.69) is 0 Å². The molecule has 0 spiro atoms. The summed E-state index contributed by atoms with van der Waals surface area (Å²) < 4.78 is 13.2. The first-order valence-corrected chi connectivity index (χ1v) is 5.64. The molecule has 0 amide bonds. The number of nitro groups is 1. The lowest BCUT2D eigenvalue weighted by atomic mass is 10.1. The van der Waals surface area contributed by atoms with Gasteiger partial charge in [-0.3, -0.25) is 10.1 Å². The first-order chi connectivity index (χ1) is 8.49.